The minimum atomic E-state index is -4.28. The summed E-state index contributed by atoms with van der Waals surface area (Å²) in [6.07, 6.45) is 0. The van der Waals surface area contributed by atoms with Crippen molar-refractivity contribution in [3.05, 3.63) is 22.7 Å². The summed E-state index contributed by atoms with van der Waals surface area (Å²) in [5.41, 5.74) is 6.39. The number of aryl methyl sites for hydroxylation is 1. The Labute approximate surface area is 81.1 Å². The van der Waals surface area contributed by atoms with Gasteiger partial charge in [-0.1, -0.05) is 11.6 Å². The zero-order valence-electron chi connectivity index (χ0n) is 6.78. The molecule has 0 aliphatic heterocycles. The first kappa shape index (κ1) is 10.3. The van der Waals surface area contributed by atoms with E-state index >= 15 is 0 Å². The van der Waals surface area contributed by atoms with E-state index in [9.17, 15) is 8.42 Å². The molecule has 0 amide bonds. The molecule has 0 spiro atoms. The smallest absolute Gasteiger partial charge is 0.296 e. The molecule has 0 bridgehead atoms. The van der Waals surface area contributed by atoms with E-state index in [-0.39, 0.29) is 15.6 Å². The molecule has 0 atom stereocenters. The minimum Gasteiger partial charge on any atom is -0.398 e. The number of anilines is 1. The van der Waals surface area contributed by atoms with Gasteiger partial charge >= 0.3 is 0 Å². The number of rotatable bonds is 1. The molecule has 3 N–H and O–H groups in total. The fourth-order valence-corrected chi connectivity index (χ4v) is 1.96. The van der Waals surface area contributed by atoms with Crippen LogP contribution < -0.4 is 5.73 Å². The standard InChI is InChI=1S/C7H8ClNO3S/c1-4-2-5(8)7(3-6(4)9)13(10,11)12/h2-3H,9H2,1H3,(H,10,11,12). The lowest BCUT2D eigenvalue weighted by molar-refractivity contribution is 0.483. The van der Waals surface area contributed by atoms with E-state index in [0.717, 1.165) is 6.07 Å². The van der Waals surface area contributed by atoms with Crippen LogP contribution in [0.3, 0.4) is 0 Å². The largest absolute Gasteiger partial charge is 0.398 e. The second kappa shape index (κ2) is 3.17. The highest BCUT2D eigenvalue weighted by Gasteiger charge is 2.15. The van der Waals surface area contributed by atoms with Gasteiger partial charge in [0, 0.05) is 5.69 Å². The van der Waals surface area contributed by atoms with Crippen LogP contribution in [0, 0.1) is 6.92 Å². The van der Waals surface area contributed by atoms with Crippen LogP contribution in [0.2, 0.25) is 5.02 Å². The number of benzene rings is 1. The number of halogens is 1. The Morgan fingerprint density at radius 3 is 2.46 bits per heavy atom. The Hall–Kier alpha value is -0.780. The lowest BCUT2D eigenvalue weighted by Gasteiger charge is -2.04. The highest BCUT2D eigenvalue weighted by atomic mass is 35.5. The molecule has 4 nitrogen and oxygen atoms in total. The molecule has 6 heteroatoms. The van der Waals surface area contributed by atoms with Gasteiger partial charge in [-0.05, 0) is 24.6 Å². The summed E-state index contributed by atoms with van der Waals surface area (Å²) < 4.78 is 30.2. The second-order valence-electron chi connectivity index (χ2n) is 2.61. The predicted octanol–water partition coefficient (Wildman–Crippen LogP) is 1.48. The average Bonchev–Trinajstić information content (AvgIpc) is 1.94. The van der Waals surface area contributed by atoms with Crippen molar-refractivity contribution < 1.29 is 13.0 Å². The van der Waals surface area contributed by atoms with Gasteiger partial charge in [-0.25, -0.2) is 0 Å². The highest BCUT2D eigenvalue weighted by molar-refractivity contribution is 7.86. The van der Waals surface area contributed by atoms with Gasteiger partial charge in [0.25, 0.3) is 10.1 Å². The molecule has 0 saturated heterocycles. The fraction of sp³-hybridized carbons (Fsp3) is 0.143. The molecule has 0 saturated carbocycles. The summed E-state index contributed by atoms with van der Waals surface area (Å²) in [6.45, 7) is 1.69. The van der Waals surface area contributed by atoms with Crippen LogP contribution in [-0.4, -0.2) is 13.0 Å². The Morgan fingerprint density at radius 1 is 1.46 bits per heavy atom. The summed E-state index contributed by atoms with van der Waals surface area (Å²) >= 11 is 5.59. The van der Waals surface area contributed by atoms with Crippen LogP contribution >= 0.6 is 11.6 Å². The average molecular weight is 222 g/mol. The number of nitrogens with two attached hydrogens (primary N) is 1. The second-order valence-corrected chi connectivity index (χ2v) is 4.41. The number of hydrogen-bond acceptors (Lipinski definition) is 3. The third-order valence-electron chi connectivity index (χ3n) is 1.60. The van der Waals surface area contributed by atoms with E-state index in [1.165, 1.54) is 6.07 Å². The van der Waals surface area contributed by atoms with Crippen molar-refractivity contribution in [2.24, 2.45) is 0 Å². The van der Waals surface area contributed by atoms with Gasteiger partial charge in [0.15, 0.2) is 0 Å². The quantitative estimate of drug-likeness (QED) is 0.556. The SMILES string of the molecule is Cc1cc(Cl)c(S(=O)(=O)O)cc1N. The van der Waals surface area contributed by atoms with Crippen molar-refractivity contribution in [3.8, 4) is 0 Å². The number of hydrogen-bond donors (Lipinski definition) is 2. The summed E-state index contributed by atoms with van der Waals surface area (Å²) in [7, 11) is -4.28. The molecule has 0 unspecified atom stereocenters. The van der Waals surface area contributed by atoms with Crippen LogP contribution in [0.4, 0.5) is 5.69 Å². The van der Waals surface area contributed by atoms with Crippen molar-refractivity contribution in [2.45, 2.75) is 11.8 Å². The maximum atomic E-state index is 10.7. The van der Waals surface area contributed by atoms with E-state index in [0.29, 0.717) is 5.56 Å². The monoisotopic (exact) mass is 221 g/mol. The summed E-state index contributed by atoms with van der Waals surface area (Å²) in [4.78, 5) is -0.364. The Morgan fingerprint density at radius 2 is 2.00 bits per heavy atom. The maximum absolute atomic E-state index is 10.7. The van der Waals surface area contributed by atoms with Gasteiger partial charge in [0.2, 0.25) is 0 Å². The molecule has 1 rings (SSSR count). The zero-order valence-corrected chi connectivity index (χ0v) is 8.35. The van der Waals surface area contributed by atoms with Crippen LogP contribution in [0.5, 0.6) is 0 Å². The fourth-order valence-electron chi connectivity index (χ4n) is 0.866. The first-order chi connectivity index (χ1) is 5.82. The Bertz CT molecular complexity index is 441. The summed E-state index contributed by atoms with van der Waals surface area (Å²) in [6, 6.07) is 2.52. The minimum absolute atomic E-state index is 0.0331. The Kier molecular flexibility index (Phi) is 2.51. The van der Waals surface area contributed by atoms with Crippen LogP contribution in [0.1, 0.15) is 5.56 Å². The maximum Gasteiger partial charge on any atom is 0.296 e. The van der Waals surface area contributed by atoms with Gasteiger partial charge in [-0.15, -0.1) is 0 Å². The predicted molar refractivity (Wildman–Crippen MR) is 50.4 cm³/mol. The molecule has 1 aromatic carbocycles. The van der Waals surface area contributed by atoms with E-state index < -0.39 is 10.1 Å². The lowest BCUT2D eigenvalue weighted by Crippen LogP contribution is -2.01. The molecule has 0 fully saturated rings. The van der Waals surface area contributed by atoms with Crippen molar-refractivity contribution in [1.29, 1.82) is 0 Å². The molecule has 0 aromatic heterocycles. The van der Waals surface area contributed by atoms with E-state index in [1.54, 1.807) is 6.92 Å². The van der Waals surface area contributed by atoms with Gasteiger partial charge in [-0.2, -0.15) is 8.42 Å². The van der Waals surface area contributed by atoms with Gasteiger partial charge in [0.05, 0.1) is 5.02 Å². The van der Waals surface area contributed by atoms with Gasteiger partial charge < -0.3 is 5.73 Å². The normalized spacial score (nSPS) is 11.6. The van der Waals surface area contributed by atoms with Gasteiger partial charge in [0.1, 0.15) is 4.90 Å². The van der Waals surface area contributed by atoms with Gasteiger partial charge in [-0.3, -0.25) is 4.55 Å². The topological polar surface area (TPSA) is 80.4 Å². The van der Waals surface area contributed by atoms with Crippen LogP contribution in [-0.2, 0) is 10.1 Å². The summed E-state index contributed by atoms with van der Waals surface area (Å²) in [5.74, 6) is 0. The third-order valence-corrected chi connectivity index (χ3v) is 2.92. The molecule has 0 radical (unpaired) electrons. The van der Waals surface area contributed by atoms with Crippen molar-refractivity contribution in [2.75, 3.05) is 5.73 Å². The summed E-state index contributed by atoms with van der Waals surface area (Å²) in [5, 5.41) is -0.0331. The third kappa shape index (κ3) is 2.12. The first-order valence-corrected chi connectivity index (χ1v) is 5.17. The lowest BCUT2D eigenvalue weighted by atomic mass is 10.2. The molecule has 0 aliphatic rings. The van der Waals surface area contributed by atoms with E-state index in [1.807, 2.05) is 0 Å². The van der Waals surface area contributed by atoms with E-state index in [4.69, 9.17) is 21.9 Å². The highest BCUT2D eigenvalue weighted by Crippen LogP contribution is 2.26. The van der Waals surface area contributed by atoms with Crippen LogP contribution in [0.15, 0.2) is 17.0 Å². The number of nitrogen functional groups attached to an aromatic ring is 1. The van der Waals surface area contributed by atoms with Crippen molar-refractivity contribution in [1.82, 2.24) is 0 Å². The Balaban J connectivity index is 3.50. The van der Waals surface area contributed by atoms with E-state index in [2.05, 4.69) is 0 Å². The molecular formula is C7H8ClNO3S. The van der Waals surface area contributed by atoms with Crippen molar-refractivity contribution >= 4 is 27.4 Å². The molecule has 13 heavy (non-hydrogen) atoms. The van der Waals surface area contributed by atoms with Crippen molar-refractivity contribution in [3.63, 3.8) is 0 Å². The molecular weight excluding hydrogens is 214 g/mol. The first-order valence-electron chi connectivity index (χ1n) is 3.35. The van der Waals surface area contributed by atoms with Crippen LogP contribution in [0.25, 0.3) is 0 Å². The molecule has 1 aromatic rings. The zero-order chi connectivity index (χ0) is 10.2. The molecule has 0 heterocycles. The molecule has 72 valence electrons. The molecule has 0 aliphatic carbocycles.